The molecule has 1 aromatic carbocycles. The van der Waals surface area contributed by atoms with E-state index in [2.05, 4.69) is 10.6 Å². The van der Waals surface area contributed by atoms with Gasteiger partial charge in [-0.1, -0.05) is 30.3 Å². The fourth-order valence-corrected chi connectivity index (χ4v) is 1.75. The lowest BCUT2D eigenvalue weighted by atomic mass is 10.1. The Morgan fingerprint density at radius 1 is 1.19 bits per heavy atom. The minimum absolute atomic E-state index is 0.0701. The highest BCUT2D eigenvalue weighted by Crippen LogP contribution is 2.05. The largest absolute Gasteiger partial charge is 0.354 e. The van der Waals surface area contributed by atoms with E-state index >= 15 is 0 Å². The molecule has 1 heterocycles. The summed E-state index contributed by atoms with van der Waals surface area (Å²) >= 11 is 0. The minimum atomic E-state index is -0.447. The molecule has 1 atom stereocenters. The summed E-state index contributed by atoms with van der Waals surface area (Å²) in [6.07, 6.45) is 0.898. The molecule has 1 unspecified atom stereocenters. The molecule has 1 aliphatic rings. The summed E-state index contributed by atoms with van der Waals surface area (Å²) in [5.74, 6) is -0.172. The summed E-state index contributed by atoms with van der Waals surface area (Å²) < 4.78 is 0. The topological polar surface area (TPSA) is 58.2 Å². The highest BCUT2D eigenvalue weighted by molar-refractivity contribution is 5.90. The maximum Gasteiger partial charge on any atom is 0.242 e. The van der Waals surface area contributed by atoms with Crippen LogP contribution >= 0.6 is 0 Å². The van der Waals surface area contributed by atoms with Gasteiger partial charge in [-0.05, 0) is 5.56 Å². The van der Waals surface area contributed by atoms with E-state index in [0.717, 1.165) is 5.56 Å². The summed E-state index contributed by atoms with van der Waals surface area (Å²) in [4.78, 5) is 23.0. The zero-order valence-corrected chi connectivity index (χ0v) is 8.90. The Labute approximate surface area is 94.0 Å². The molecule has 16 heavy (non-hydrogen) atoms. The molecule has 4 nitrogen and oxygen atoms in total. The van der Waals surface area contributed by atoms with E-state index in [4.69, 9.17) is 0 Å². The van der Waals surface area contributed by atoms with Gasteiger partial charge in [0.15, 0.2) is 0 Å². The van der Waals surface area contributed by atoms with Crippen LogP contribution in [0.5, 0.6) is 0 Å². The molecule has 0 saturated carbocycles. The summed E-state index contributed by atoms with van der Waals surface area (Å²) in [5, 5.41) is 5.45. The highest BCUT2D eigenvalue weighted by Gasteiger charge is 2.23. The second-order valence-electron chi connectivity index (χ2n) is 3.85. The maximum absolute atomic E-state index is 11.6. The van der Waals surface area contributed by atoms with E-state index < -0.39 is 6.04 Å². The van der Waals surface area contributed by atoms with Crippen molar-refractivity contribution < 1.29 is 9.59 Å². The van der Waals surface area contributed by atoms with Crippen LogP contribution in [0.3, 0.4) is 0 Å². The van der Waals surface area contributed by atoms with Crippen molar-refractivity contribution in [1.29, 1.82) is 0 Å². The Kier molecular flexibility index (Phi) is 3.19. The van der Waals surface area contributed by atoms with E-state index in [1.807, 2.05) is 30.3 Å². The Morgan fingerprint density at radius 2 is 1.94 bits per heavy atom. The third-order valence-corrected chi connectivity index (χ3v) is 2.59. The first-order valence-corrected chi connectivity index (χ1v) is 5.37. The zero-order valence-electron chi connectivity index (χ0n) is 8.90. The predicted octanol–water partition coefficient (Wildman–Crippen LogP) is 0.234. The quantitative estimate of drug-likeness (QED) is 0.746. The predicted molar refractivity (Wildman–Crippen MR) is 59.7 cm³/mol. The molecule has 1 aliphatic heterocycles. The molecule has 0 radical (unpaired) electrons. The van der Waals surface area contributed by atoms with Crippen molar-refractivity contribution in [3.63, 3.8) is 0 Å². The number of amides is 2. The van der Waals surface area contributed by atoms with Gasteiger partial charge >= 0.3 is 0 Å². The van der Waals surface area contributed by atoms with Crippen molar-refractivity contribution in [2.45, 2.75) is 18.9 Å². The highest BCUT2D eigenvalue weighted by atomic mass is 16.2. The number of carbonyl (C=O) groups excluding carboxylic acids is 2. The van der Waals surface area contributed by atoms with Crippen LogP contribution in [0.15, 0.2) is 30.3 Å². The van der Waals surface area contributed by atoms with Gasteiger partial charge in [0.05, 0.1) is 0 Å². The van der Waals surface area contributed by atoms with Crippen LogP contribution in [0.2, 0.25) is 0 Å². The van der Waals surface area contributed by atoms with Crippen molar-refractivity contribution in [2.75, 3.05) is 6.54 Å². The Balaban J connectivity index is 2.07. The van der Waals surface area contributed by atoms with Crippen molar-refractivity contribution in [1.82, 2.24) is 10.6 Å². The average Bonchev–Trinajstić information content (AvgIpc) is 2.43. The van der Waals surface area contributed by atoms with Gasteiger partial charge in [-0.25, -0.2) is 0 Å². The van der Waals surface area contributed by atoms with Crippen molar-refractivity contribution in [2.24, 2.45) is 0 Å². The molecule has 2 amide bonds. The number of hydrogen-bond donors (Lipinski definition) is 2. The zero-order chi connectivity index (χ0) is 11.4. The van der Waals surface area contributed by atoms with Gasteiger partial charge in [0.25, 0.3) is 0 Å². The molecule has 2 N–H and O–H groups in total. The lowest BCUT2D eigenvalue weighted by Crippen LogP contribution is -2.44. The van der Waals surface area contributed by atoms with Gasteiger partial charge in [-0.2, -0.15) is 0 Å². The Morgan fingerprint density at radius 3 is 2.69 bits per heavy atom. The van der Waals surface area contributed by atoms with E-state index in [1.165, 1.54) is 0 Å². The van der Waals surface area contributed by atoms with E-state index in [0.29, 0.717) is 19.4 Å². The van der Waals surface area contributed by atoms with Crippen LogP contribution in [0, 0.1) is 0 Å². The van der Waals surface area contributed by atoms with Gasteiger partial charge in [0.1, 0.15) is 6.04 Å². The first-order valence-electron chi connectivity index (χ1n) is 5.37. The maximum atomic E-state index is 11.6. The summed E-state index contributed by atoms with van der Waals surface area (Å²) in [5.41, 5.74) is 1.05. The molecule has 84 valence electrons. The first-order chi connectivity index (χ1) is 7.75. The molecule has 4 heteroatoms. The smallest absolute Gasteiger partial charge is 0.242 e. The fraction of sp³-hybridized carbons (Fsp3) is 0.333. The van der Waals surface area contributed by atoms with Gasteiger partial charge < -0.3 is 10.6 Å². The van der Waals surface area contributed by atoms with Gasteiger partial charge in [0.2, 0.25) is 11.8 Å². The second-order valence-corrected chi connectivity index (χ2v) is 3.85. The third kappa shape index (κ3) is 2.59. The van der Waals surface area contributed by atoms with E-state index in [-0.39, 0.29) is 11.8 Å². The van der Waals surface area contributed by atoms with Gasteiger partial charge in [-0.3, -0.25) is 9.59 Å². The van der Waals surface area contributed by atoms with Crippen molar-refractivity contribution >= 4 is 11.8 Å². The normalized spacial score (nSPS) is 20.9. The lowest BCUT2D eigenvalue weighted by molar-refractivity contribution is -0.126. The molecule has 0 aliphatic carbocycles. The molecular formula is C12H14N2O2. The summed E-state index contributed by atoms with van der Waals surface area (Å²) in [6.45, 7) is 0.427. The SMILES string of the molecule is O=C1CCNC(=O)C(Cc2ccccc2)N1. The Hall–Kier alpha value is -1.84. The number of benzene rings is 1. The van der Waals surface area contributed by atoms with E-state index in [1.54, 1.807) is 0 Å². The third-order valence-electron chi connectivity index (χ3n) is 2.59. The van der Waals surface area contributed by atoms with Crippen LogP contribution in [0.25, 0.3) is 0 Å². The number of carbonyl (C=O) groups is 2. The van der Waals surface area contributed by atoms with Crippen LogP contribution in [-0.4, -0.2) is 24.4 Å². The first kappa shape index (κ1) is 10.7. The van der Waals surface area contributed by atoms with Gasteiger partial charge in [0, 0.05) is 19.4 Å². The van der Waals surface area contributed by atoms with Crippen LogP contribution in [-0.2, 0) is 16.0 Å². The van der Waals surface area contributed by atoms with Gasteiger partial charge in [-0.15, -0.1) is 0 Å². The average molecular weight is 218 g/mol. The van der Waals surface area contributed by atoms with Crippen LogP contribution in [0.4, 0.5) is 0 Å². The molecule has 0 aromatic heterocycles. The second kappa shape index (κ2) is 4.79. The standard InChI is InChI=1S/C12H14N2O2/c15-11-6-7-13-12(16)10(14-11)8-9-4-2-1-3-5-9/h1-5,10H,6-8H2,(H,13,16)(H,14,15). The van der Waals surface area contributed by atoms with Crippen molar-refractivity contribution in [3.8, 4) is 0 Å². The molecule has 1 saturated heterocycles. The molecule has 0 spiro atoms. The molecule has 0 bridgehead atoms. The number of rotatable bonds is 2. The van der Waals surface area contributed by atoms with Crippen molar-refractivity contribution in [3.05, 3.63) is 35.9 Å². The van der Waals surface area contributed by atoms with E-state index in [9.17, 15) is 9.59 Å². The molecule has 1 fully saturated rings. The molecule has 1 aromatic rings. The lowest BCUT2D eigenvalue weighted by Gasteiger charge is -2.14. The molecule has 2 rings (SSSR count). The summed E-state index contributed by atoms with van der Waals surface area (Å²) in [7, 11) is 0. The minimum Gasteiger partial charge on any atom is -0.354 e. The van der Waals surface area contributed by atoms with Crippen LogP contribution < -0.4 is 10.6 Å². The van der Waals surface area contributed by atoms with Crippen LogP contribution in [0.1, 0.15) is 12.0 Å². The fourth-order valence-electron chi connectivity index (χ4n) is 1.75. The Bertz CT molecular complexity index is 389. The summed E-state index contributed by atoms with van der Waals surface area (Å²) in [6, 6.07) is 9.22. The molecular weight excluding hydrogens is 204 g/mol. The monoisotopic (exact) mass is 218 g/mol. The number of nitrogens with one attached hydrogen (secondary N) is 2. The number of hydrogen-bond acceptors (Lipinski definition) is 2.